The average molecular weight is 545 g/mol. The Hall–Kier alpha value is -3.94. The number of aromatic nitrogens is 2. The number of aryl methyl sites for hydroxylation is 2. The number of hydrogen-bond donors (Lipinski definition) is 1. The second-order valence-corrected chi connectivity index (χ2v) is 11.0. The summed E-state index contributed by atoms with van der Waals surface area (Å²) in [5.74, 6) is 0.769. The van der Waals surface area contributed by atoms with Crippen LogP contribution in [0.4, 0.5) is 5.95 Å². The molecule has 1 aliphatic heterocycles. The number of carboxylic acid groups (broad SMARTS) is 1. The van der Waals surface area contributed by atoms with Gasteiger partial charge in [-0.15, -0.1) is 0 Å². The second-order valence-electron chi connectivity index (χ2n) is 11.0. The van der Waals surface area contributed by atoms with Crippen molar-refractivity contribution in [2.75, 3.05) is 38.2 Å². The molecule has 40 heavy (non-hydrogen) atoms. The summed E-state index contributed by atoms with van der Waals surface area (Å²) >= 11 is 0. The third kappa shape index (κ3) is 8.04. The van der Waals surface area contributed by atoms with Crippen LogP contribution in [0.1, 0.15) is 53.9 Å². The van der Waals surface area contributed by atoms with Gasteiger partial charge >= 0.3 is 5.97 Å². The predicted octanol–water partition coefficient (Wildman–Crippen LogP) is 4.91. The molecule has 212 valence electrons. The van der Waals surface area contributed by atoms with Crippen LogP contribution in [-0.4, -0.2) is 65.1 Å². The lowest BCUT2D eigenvalue weighted by atomic mass is 9.90. The molecule has 0 aliphatic carbocycles. The van der Waals surface area contributed by atoms with Gasteiger partial charge in [0.25, 0.3) is 5.91 Å². The highest BCUT2D eigenvalue weighted by Crippen LogP contribution is 2.25. The fourth-order valence-electron chi connectivity index (χ4n) is 5.30. The highest BCUT2D eigenvalue weighted by molar-refractivity contribution is 5.96. The minimum absolute atomic E-state index is 0.126. The molecule has 1 aromatic heterocycles. The van der Waals surface area contributed by atoms with E-state index in [0.29, 0.717) is 42.5 Å². The predicted molar refractivity (Wildman–Crippen MR) is 156 cm³/mol. The van der Waals surface area contributed by atoms with Gasteiger partial charge in [0, 0.05) is 25.8 Å². The smallest absolute Gasteiger partial charge is 0.323 e. The number of hydrogen-bond acceptors (Lipinski definition) is 6. The normalized spacial score (nSPS) is 13.8. The molecule has 0 bridgehead atoms. The number of carbonyl (C=O) groups excluding carboxylic acids is 1. The zero-order valence-corrected chi connectivity index (χ0v) is 23.8. The van der Waals surface area contributed by atoms with Crippen LogP contribution in [0, 0.1) is 11.8 Å². The monoisotopic (exact) mass is 544 g/mol. The number of anilines is 1. The largest absolute Gasteiger partial charge is 0.497 e. The maximum Gasteiger partial charge on any atom is 0.323 e. The molecule has 2 aromatic carbocycles. The minimum Gasteiger partial charge on any atom is -0.497 e. The summed E-state index contributed by atoms with van der Waals surface area (Å²) in [4.78, 5) is 38.3. The summed E-state index contributed by atoms with van der Waals surface area (Å²) in [7, 11) is 1.64. The number of ether oxygens (including phenoxy) is 1. The Morgan fingerprint density at radius 1 is 1.05 bits per heavy atom. The fourth-order valence-corrected chi connectivity index (χ4v) is 5.30. The van der Waals surface area contributed by atoms with Gasteiger partial charge in [0.05, 0.1) is 18.4 Å². The van der Waals surface area contributed by atoms with Gasteiger partial charge in [0.2, 0.25) is 5.95 Å². The Kier molecular flexibility index (Phi) is 10.1. The Labute approximate surface area is 237 Å². The summed E-state index contributed by atoms with van der Waals surface area (Å²) in [5, 5.41) is 9.45. The van der Waals surface area contributed by atoms with Gasteiger partial charge in [-0.1, -0.05) is 56.3 Å². The van der Waals surface area contributed by atoms with E-state index in [2.05, 4.69) is 34.1 Å². The number of nitrogens with zero attached hydrogens (tertiary/aromatic N) is 4. The zero-order valence-electron chi connectivity index (χ0n) is 23.8. The Morgan fingerprint density at radius 3 is 2.45 bits per heavy atom. The number of amides is 1. The first-order chi connectivity index (χ1) is 19.3. The number of carbonyl (C=O) groups is 2. The van der Waals surface area contributed by atoms with Crippen molar-refractivity contribution in [2.45, 2.75) is 46.0 Å². The lowest BCUT2D eigenvalue weighted by Crippen LogP contribution is -2.39. The summed E-state index contributed by atoms with van der Waals surface area (Å²) in [6.07, 6.45) is 5.96. The Balaban J connectivity index is 1.54. The van der Waals surface area contributed by atoms with E-state index in [1.807, 2.05) is 44.2 Å². The molecule has 0 unspecified atom stereocenters. The molecule has 1 N–H and O–H groups in total. The third-order valence-corrected chi connectivity index (χ3v) is 7.33. The van der Waals surface area contributed by atoms with E-state index in [1.165, 1.54) is 10.5 Å². The van der Waals surface area contributed by atoms with Crippen molar-refractivity contribution in [3.05, 3.63) is 83.2 Å². The molecule has 3 aromatic rings. The topological polar surface area (TPSA) is 95.9 Å². The quantitative estimate of drug-likeness (QED) is 0.346. The maximum absolute atomic E-state index is 13.6. The summed E-state index contributed by atoms with van der Waals surface area (Å²) < 4.78 is 5.37. The van der Waals surface area contributed by atoms with Crippen molar-refractivity contribution < 1.29 is 19.4 Å². The van der Waals surface area contributed by atoms with E-state index in [-0.39, 0.29) is 18.4 Å². The van der Waals surface area contributed by atoms with Gasteiger partial charge in [-0.25, -0.2) is 9.97 Å². The van der Waals surface area contributed by atoms with E-state index in [0.717, 1.165) is 43.7 Å². The minimum atomic E-state index is -1.04. The van der Waals surface area contributed by atoms with Crippen molar-refractivity contribution in [2.24, 2.45) is 11.8 Å². The molecule has 0 atom stereocenters. The summed E-state index contributed by atoms with van der Waals surface area (Å²) in [6.45, 7) is 5.64. The first-order valence-corrected chi connectivity index (χ1v) is 14.1. The Morgan fingerprint density at radius 2 is 1.77 bits per heavy atom. The summed E-state index contributed by atoms with van der Waals surface area (Å²) in [5.41, 5.74) is 3.45. The third-order valence-electron chi connectivity index (χ3n) is 7.33. The van der Waals surface area contributed by atoms with Crippen molar-refractivity contribution >= 4 is 17.8 Å². The Bertz CT molecular complexity index is 1270. The first-order valence-electron chi connectivity index (χ1n) is 14.1. The number of rotatable bonds is 12. The molecule has 8 heteroatoms. The van der Waals surface area contributed by atoms with E-state index < -0.39 is 5.97 Å². The van der Waals surface area contributed by atoms with Crippen LogP contribution >= 0.6 is 0 Å². The maximum atomic E-state index is 13.6. The number of aliphatic carboxylic acids is 1. The molecule has 0 saturated carbocycles. The number of piperidine rings is 1. The number of carboxylic acids is 1. The van der Waals surface area contributed by atoms with Gasteiger partial charge in [-0.05, 0) is 67.2 Å². The van der Waals surface area contributed by atoms with Crippen molar-refractivity contribution in [3.8, 4) is 5.75 Å². The lowest BCUT2D eigenvalue weighted by molar-refractivity contribution is -0.137. The van der Waals surface area contributed by atoms with Crippen molar-refractivity contribution in [3.63, 3.8) is 0 Å². The van der Waals surface area contributed by atoms with Crippen LogP contribution < -0.4 is 9.64 Å². The summed E-state index contributed by atoms with van der Waals surface area (Å²) in [6, 6.07) is 18.5. The molecule has 2 heterocycles. The SMILES string of the molecule is COc1cccc(CCc2nc(N3CCC(Cc4ccccc4)CC3)ncc2C(=O)N(CC(=O)O)CC(C)C)c1. The van der Waals surface area contributed by atoms with Crippen LogP contribution in [0.5, 0.6) is 5.75 Å². The van der Waals surface area contributed by atoms with Crippen molar-refractivity contribution in [1.29, 1.82) is 0 Å². The molecule has 0 radical (unpaired) electrons. The first kappa shape index (κ1) is 29.1. The molecule has 8 nitrogen and oxygen atoms in total. The van der Waals surface area contributed by atoms with Crippen LogP contribution in [0.25, 0.3) is 0 Å². The highest BCUT2D eigenvalue weighted by atomic mass is 16.5. The van der Waals surface area contributed by atoms with E-state index in [4.69, 9.17) is 9.72 Å². The van der Waals surface area contributed by atoms with E-state index in [9.17, 15) is 14.7 Å². The molecule has 0 spiro atoms. The lowest BCUT2D eigenvalue weighted by Gasteiger charge is -2.32. The van der Waals surface area contributed by atoms with E-state index >= 15 is 0 Å². The molecular formula is C32H40N4O4. The van der Waals surface area contributed by atoms with Crippen LogP contribution in [0.2, 0.25) is 0 Å². The molecular weight excluding hydrogens is 504 g/mol. The fraction of sp³-hybridized carbons (Fsp3) is 0.438. The number of methoxy groups -OCH3 is 1. The van der Waals surface area contributed by atoms with Crippen molar-refractivity contribution in [1.82, 2.24) is 14.9 Å². The average Bonchev–Trinajstić information content (AvgIpc) is 2.96. The zero-order chi connectivity index (χ0) is 28.5. The second kappa shape index (κ2) is 13.9. The highest BCUT2D eigenvalue weighted by Gasteiger charge is 2.26. The molecule has 1 saturated heterocycles. The molecule has 4 rings (SSSR count). The molecule has 1 amide bonds. The van der Waals surface area contributed by atoms with Gasteiger partial charge < -0.3 is 19.6 Å². The van der Waals surface area contributed by atoms with Gasteiger partial charge in [-0.2, -0.15) is 0 Å². The number of benzene rings is 2. The van der Waals surface area contributed by atoms with Crippen LogP contribution in [0.3, 0.4) is 0 Å². The van der Waals surface area contributed by atoms with Crippen LogP contribution in [0.15, 0.2) is 60.8 Å². The van der Waals surface area contributed by atoms with Crippen LogP contribution in [-0.2, 0) is 24.1 Å². The molecule has 1 fully saturated rings. The molecule has 1 aliphatic rings. The van der Waals surface area contributed by atoms with Gasteiger partial charge in [0.15, 0.2) is 0 Å². The van der Waals surface area contributed by atoms with E-state index in [1.54, 1.807) is 13.3 Å². The van der Waals surface area contributed by atoms with Gasteiger partial charge in [0.1, 0.15) is 12.3 Å². The standard InChI is InChI=1S/C32H40N4O4/c1-23(2)21-36(22-30(37)38)31(39)28-20-33-32(34-29(28)13-12-25-10-7-11-27(19-25)40-3)35-16-14-26(15-17-35)18-24-8-5-4-6-9-24/h4-11,19-20,23,26H,12-18,21-22H2,1-3H3,(H,37,38). The van der Waals surface area contributed by atoms with Gasteiger partial charge in [-0.3, -0.25) is 9.59 Å².